The zero-order valence-electron chi connectivity index (χ0n) is 14.0. The van der Waals surface area contributed by atoms with Gasteiger partial charge in [0.15, 0.2) is 0 Å². The van der Waals surface area contributed by atoms with Gasteiger partial charge < -0.3 is 10.1 Å². The Balaban J connectivity index is 2.07. The van der Waals surface area contributed by atoms with Crippen LogP contribution < -0.4 is 10.1 Å². The lowest BCUT2D eigenvalue weighted by molar-refractivity contribution is -0.116. The van der Waals surface area contributed by atoms with Crippen LogP contribution in [0.25, 0.3) is 0 Å². The number of H-pyrrole nitrogens is 1. The van der Waals surface area contributed by atoms with E-state index in [0.29, 0.717) is 22.8 Å². The van der Waals surface area contributed by atoms with Crippen LogP contribution in [0.15, 0.2) is 29.2 Å². The van der Waals surface area contributed by atoms with Gasteiger partial charge in [-0.25, -0.2) is 8.42 Å². The van der Waals surface area contributed by atoms with Crippen LogP contribution in [0.3, 0.4) is 0 Å². The Kier molecular flexibility index (Phi) is 5.25. The molecule has 0 bridgehead atoms. The number of hydrogen-bond acceptors (Lipinski definition) is 5. The standard InChI is InChI=1S/C15H20N4O4S/c1-10-15(11(2)18-17-10)24(21,22)19(3)9-14(20)16-12-5-7-13(23-4)8-6-12/h5-8H,9H2,1-4H3,(H,16,20)(H,17,18). The Morgan fingerprint density at radius 3 is 2.42 bits per heavy atom. The fourth-order valence-corrected chi connectivity index (χ4v) is 3.69. The van der Waals surface area contributed by atoms with E-state index in [4.69, 9.17) is 4.74 Å². The zero-order chi connectivity index (χ0) is 17.9. The number of rotatable bonds is 6. The average Bonchev–Trinajstić information content (AvgIpc) is 2.87. The summed E-state index contributed by atoms with van der Waals surface area (Å²) >= 11 is 0. The van der Waals surface area contributed by atoms with E-state index < -0.39 is 15.9 Å². The van der Waals surface area contributed by atoms with Gasteiger partial charge >= 0.3 is 0 Å². The number of benzene rings is 1. The molecular formula is C15H20N4O4S. The van der Waals surface area contributed by atoms with Crippen LogP contribution in [0.2, 0.25) is 0 Å². The molecule has 0 unspecified atom stereocenters. The van der Waals surface area contributed by atoms with Gasteiger partial charge in [-0.1, -0.05) is 0 Å². The fourth-order valence-electron chi connectivity index (χ4n) is 2.24. The van der Waals surface area contributed by atoms with Gasteiger partial charge in [0.05, 0.1) is 25.0 Å². The molecule has 0 atom stereocenters. The van der Waals surface area contributed by atoms with Crippen molar-refractivity contribution in [3.63, 3.8) is 0 Å². The molecule has 2 N–H and O–H groups in total. The maximum absolute atomic E-state index is 12.6. The second-order valence-electron chi connectivity index (χ2n) is 5.30. The largest absolute Gasteiger partial charge is 0.497 e. The minimum Gasteiger partial charge on any atom is -0.497 e. The number of aryl methyl sites for hydroxylation is 2. The molecule has 1 amide bonds. The third-order valence-corrected chi connectivity index (χ3v) is 5.54. The maximum atomic E-state index is 12.6. The number of hydrogen-bond donors (Lipinski definition) is 2. The van der Waals surface area contributed by atoms with Crippen molar-refractivity contribution in [3.8, 4) is 5.75 Å². The van der Waals surface area contributed by atoms with Gasteiger partial charge in [0.1, 0.15) is 10.6 Å². The number of anilines is 1. The van der Waals surface area contributed by atoms with Crippen LogP contribution in [0.1, 0.15) is 11.4 Å². The van der Waals surface area contributed by atoms with Crippen LogP contribution in [-0.2, 0) is 14.8 Å². The first-order chi connectivity index (χ1) is 11.3. The normalized spacial score (nSPS) is 11.5. The summed E-state index contributed by atoms with van der Waals surface area (Å²) in [7, 11) is -0.891. The summed E-state index contributed by atoms with van der Waals surface area (Å²) in [5.41, 5.74) is 1.37. The van der Waals surface area contributed by atoms with E-state index in [9.17, 15) is 13.2 Å². The van der Waals surface area contributed by atoms with E-state index in [2.05, 4.69) is 15.5 Å². The van der Waals surface area contributed by atoms with Crippen LogP contribution >= 0.6 is 0 Å². The number of carbonyl (C=O) groups excluding carboxylic acids is 1. The maximum Gasteiger partial charge on any atom is 0.246 e. The van der Waals surface area contributed by atoms with Gasteiger partial charge in [0.2, 0.25) is 15.9 Å². The number of ether oxygens (including phenoxy) is 1. The Hall–Kier alpha value is -2.39. The molecule has 0 saturated heterocycles. The van der Waals surface area contributed by atoms with E-state index in [1.54, 1.807) is 45.2 Å². The van der Waals surface area contributed by atoms with E-state index in [-0.39, 0.29) is 11.4 Å². The summed E-state index contributed by atoms with van der Waals surface area (Å²) in [5, 5.41) is 9.17. The molecule has 0 aliphatic carbocycles. The van der Waals surface area contributed by atoms with Crippen molar-refractivity contribution in [2.24, 2.45) is 0 Å². The summed E-state index contributed by atoms with van der Waals surface area (Å²) < 4.78 is 31.2. The molecule has 24 heavy (non-hydrogen) atoms. The summed E-state index contributed by atoms with van der Waals surface area (Å²) in [6.45, 7) is 2.91. The first kappa shape index (κ1) is 18.0. The Morgan fingerprint density at radius 2 is 1.92 bits per heavy atom. The highest BCUT2D eigenvalue weighted by Gasteiger charge is 2.28. The van der Waals surface area contributed by atoms with E-state index in [0.717, 1.165) is 4.31 Å². The van der Waals surface area contributed by atoms with Crippen LogP contribution in [0, 0.1) is 13.8 Å². The molecule has 9 heteroatoms. The molecule has 130 valence electrons. The lowest BCUT2D eigenvalue weighted by Gasteiger charge is -2.17. The van der Waals surface area contributed by atoms with Crippen LogP contribution in [0.5, 0.6) is 5.75 Å². The topological polar surface area (TPSA) is 104 Å². The molecule has 0 radical (unpaired) electrons. The van der Waals surface area contributed by atoms with Crippen molar-refractivity contribution in [1.29, 1.82) is 0 Å². The molecule has 1 heterocycles. The fraction of sp³-hybridized carbons (Fsp3) is 0.333. The molecule has 2 rings (SSSR count). The lowest BCUT2D eigenvalue weighted by atomic mass is 10.3. The molecular weight excluding hydrogens is 332 g/mol. The summed E-state index contributed by atoms with van der Waals surface area (Å²) in [4.78, 5) is 12.2. The number of nitrogens with one attached hydrogen (secondary N) is 2. The van der Waals surface area contributed by atoms with Gasteiger partial charge in [-0.05, 0) is 38.1 Å². The summed E-state index contributed by atoms with van der Waals surface area (Å²) in [5.74, 6) is 0.226. The van der Waals surface area contributed by atoms with E-state index >= 15 is 0 Å². The van der Waals surface area contributed by atoms with Gasteiger partial charge in [0, 0.05) is 12.7 Å². The van der Waals surface area contributed by atoms with Crippen molar-refractivity contribution in [2.45, 2.75) is 18.7 Å². The van der Waals surface area contributed by atoms with Crippen LogP contribution in [-0.4, -0.2) is 49.5 Å². The molecule has 0 aliphatic heterocycles. The third kappa shape index (κ3) is 3.74. The second kappa shape index (κ2) is 7.02. The number of amides is 1. The smallest absolute Gasteiger partial charge is 0.246 e. The van der Waals surface area contributed by atoms with Crippen molar-refractivity contribution >= 4 is 21.6 Å². The number of nitrogens with zero attached hydrogens (tertiary/aromatic N) is 2. The highest BCUT2D eigenvalue weighted by Crippen LogP contribution is 2.20. The molecule has 0 saturated carbocycles. The number of aromatic nitrogens is 2. The van der Waals surface area contributed by atoms with Crippen molar-refractivity contribution in [1.82, 2.24) is 14.5 Å². The van der Waals surface area contributed by atoms with Crippen molar-refractivity contribution in [3.05, 3.63) is 35.7 Å². The van der Waals surface area contributed by atoms with E-state index in [1.807, 2.05) is 0 Å². The number of likely N-dealkylation sites (N-methyl/N-ethyl adjacent to an activating group) is 1. The van der Waals surface area contributed by atoms with Crippen molar-refractivity contribution < 1.29 is 17.9 Å². The number of sulfonamides is 1. The molecule has 1 aromatic heterocycles. The average molecular weight is 352 g/mol. The minimum absolute atomic E-state index is 0.0993. The molecule has 1 aromatic carbocycles. The number of carbonyl (C=O) groups is 1. The minimum atomic E-state index is -3.80. The Labute approximate surface area is 140 Å². The molecule has 0 aliphatic rings. The number of methoxy groups -OCH3 is 1. The highest BCUT2D eigenvalue weighted by molar-refractivity contribution is 7.89. The second-order valence-corrected chi connectivity index (χ2v) is 7.28. The third-order valence-electron chi connectivity index (χ3n) is 3.47. The molecule has 8 nitrogen and oxygen atoms in total. The SMILES string of the molecule is COc1ccc(NC(=O)CN(C)S(=O)(=O)c2c(C)n[nH]c2C)cc1. The summed E-state index contributed by atoms with van der Waals surface area (Å²) in [6.07, 6.45) is 0. The van der Waals surface area contributed by atoms with Gasteiger partial charge in [0.25, 0.3) is 0 Å². The molecule has 2 aromatic rings. The van der Waals surface area contributed by atoms with Crippen molar-refractivity contribution in [2.75, 3.05) is 26.0 Å². The van der Waals surface area contributed by atoms with Gasteiger partial charge in [-0.3, -0.25) is 9.89 Å². The highest BCUT2D eigenvalue weighted by atomic mass is 32.2. The van der Waals surface area contributed by atoms with E-state index in [1.165, 1.54) is 7.05 Å². The molecule has 0 fully saturated rings. The number of aromatic amines is 1. The first-order valence-electron chi connectivity index (χ1n) is 7.17. The quantitative estimate of drug-likeness (QED) is 0.815. The Morgan fingerprint density at radius 1 is 1.29 bits per heavy atom. The van der Waals surface area contributed by atoms with Gasteiger partial charge in [-0.2, -0.15) is 9.40 Å². The predicted octanol–water partition coefficient (Wildman–Crippen LogP) is 1.29. The zero-order valence-corrected chi connectivity index (χ0v) is 14.8. The monoisotopic (exact) mass is 352 g/mol. The summed E-state index contributed by atoms with van der Waals surface area (Å²) in [6, 6.07) is 6.76. The predicted molar refractivity (Wildman–Crippen MR) is 89.5 cm³/mol. The van der Waals surface area contributed by atoms with Gasteiger partial charge in [-0.15, -0.1) is 0 Å². The lowest BCUT2D eigenvalue weighted by Crippen LogP contribution is -2.35. The Bertz CT molecular complexity index is 808. The van der Waals surface area contributed by atoms with Crippen LogP contribution in [0.4, 0.5) is 5.69 Å². The first-order valence-corrected chi connectivity index (χ1v) is 8.61. The molecule has 0 spiro atoms.